The third-order valence-electron chi connectivity index (χ3n) is 4.40. The van der Waals surface area contributed by atoms with Crippen LogP contribution in [0, 0.1) is 22.0 Å². The van der Waals surface area contributed by atoms with Crippen LogP contribution in [-0.2, 0) is 0 Å². The fourth-order valence-corrected chi connectivity index (χ4v) is 2.88. The largest absolute Gasteiger partial charge is 0.376 e. The molecule has 0 saturated heterocycles. The average molecular weight is 276 g/mol. The minimum atomic E-state index is -0.438. The number of carbonyl (C=O) groups is 1. The van der Waals surface area contributed by atoms with Crippen LogP contribution in [0.5, 0.6) is 0 Å². The fraction of sp³-hybridized carbons (Fsp3) is 0.533. The van der Waals surface area contributed by atoms with Gasteiger partial charge in [-0.2, -0.15) is 0 Å². The van der Waals surface area contributed by atoms with Crippen LogP contribution in [0.3, 0.4) is 0 Å². The van der Waals surface area contributed by atoms with Gasteiger partial charge >= 0.3 is 0 Å². The quantitative estimate of drug-likeness (QED) is 0.517. The highest BCUT2D eigenvalue weighted by Gasteiger charge is 2.28. The first-order valence-corrected chi connectivity index (χ1v) is 7.03. The van der Waals surface area contributed by atoms with Crippen LogP contribution >= 0.6 is 0 Å². The van der Waals surface area contributed by atoms with Gasteiger partial charge in [0, 0.05) is 17.7 Å². The van der Waals surface area contributed by atoms with Crippen LogP contribution in [0.1, 0.15) is 43.5 Å². The second kappa shape index (κ2) is 6.03. The number of hydrogen-bond acceptors (Lipinski definition) is 4. The van der Waals surface area contributed by atoms with E-state index in [1.165, 1.54) is 12.5 Å². The van der Waals surface area contributed by atoms with Gasteiger partial charge in [-0.05, 0) is 30.4 Å². The summed E-state index contributed by atoms with van der Waals surface area (Å²) in [5.41, 5.74) is 0.805. The van der Waals surface area contributed by atoms with Crippen molar-refractivity contribution in [1.29, 1.82) is 0 Å². The van der Waals surface area contributed by atoms with Crippen molar-refractivity contribution < 1.29 is 9.72 Å². The first-order valence-electron chi connectivity index (χ1n) is 7.03. The summed E-state index contributed by atoms with van der Waals surface area (Å²) in [6, 6.07) is 4.82. The minimum absolute atomic E-state index is 0.0278. The van der Waals surface area contributed by atoms with Crippen LogP contribution < -0.4 is 5.32 Å². The Bertz CT molecular complexity index is 516. The Morgan fingerprint density at radius 2 is 2.10 bits per heavy atom. The van der Waals surface area contributed by atoms with Gasteiger partial charge in [0.15, 0.2) is 0 Å². The van der Waals surface area contributed by atoms with Gasteiger partial charge in [-0.3, -0.25) is 14.9 Å². The summed E-state index contributed by atoms with van der Waals surface area (Å²) in [5, 5.41) is 14.4. The van der Waals surface area contributed by atoms with E-state index in [4.69, 9.17) is 0 Å². The second-order valence-corrected chi connectivity index (χ2v) is 5.67. The molecule has 0 amide bonds. The van der Waals surface area contributed by atoms with E-state index in [2.05, 4.69) is 19.2 Å². The van der Waals surface area contributed by atoms with Crippen molar-refractivity contribution in [3.8, 4) is 0 Å². The monoisotopic (exact) mass is 276 g/mol. The Morgan fingerprint density at radius 1 is 1.35 bits per heavy atom. The molecule has 0 bridgehead atoms. The Labute approximate surface area is 118 Å². The summed E-state index contributed by atoms with van der Waals surface area (Å²) in [4.78, 5) is 21.4. The predicted octanol–water partition coefficient (Wildman–Crippen LogP) is 3.64. The fourth-order valence-electron chi connectivity index (χ4n) is 2.88. The Kier molecular flexibility index (Phi) is 4.37. The molecule has 1 aromatic rings. The molecule has 20 heavy (non-hydrogen) atoms. The first kappa shape index (κ1) is 14.5. The zero-order valence-electron chi connectivity index (χ0n) is 11.8. The molecule has 0 aliphatic heterocycles. The van der Waals surface area contributed by atoms with Crippen LogP contribution in [0.15, 0.2) is 18.2 Å². The van der Waals surface area contributed by atoms with Gasteiger partial charge in [0.1, 0.15) is 12.0 Å². The second-order valence-electron chi connectivity index (χ2n) is 5.67. The summed E-state index contributed by atoms with van der Waals surface area (Å²) >= 11 is 0. The molecule has 1 aliphatic rings. The van der Waals surface area contributed by atoms with E-state index in [0.29, 0.717) is 29.4 Å². The molecule has 5 heteroatoms. The number of nitro groups is 1. The smallest absolute Gasteiger partial charge is 0.293 e. The maximum atomic E-state index is 11.1. The highest BCUT2D eigenvalue weighted by atomic mass is 16.6. The van der Waals surface area contributed by atoms with Gasteiger partial charge in [-0.25, -0.2) is 0 Å². The molecule has 0 aromatic heterocycles. The Balaban J connectivity index is 2.24. The SMILES string of the molecule is C[C@@H]1[C@H](C)CCC[C@H]1Nc1ccc(C=O)cc1[N+](=O)[O-]. The topological polar surface area (TPSA) is 72.2 Å². The van der Waals surface area contributed by atoms with Crippen molar-refractivity contribution in [2.24, 2.45) is 11.8 Å². The number of aldehydes is 1. The van der Waals surface area contributed by atoms with Crippen molar-refractivity contribution in [2.75, 3.05) is 5.32 Å². The molecule has 0 spiro atoms. The maximum Gasteiger partial charge on any atom is 0.293 e. The summed E-state index contributed by atoms with van der Waals surface area (Å²) in [7, 11) is 0. The van der Waals surface area contributed by atoms with Crippen molar-refractivity contribution in [3.05, 3.63) is 33.9 Å². The van der Waals surface area contributed by atoms with Crippen LogP contribution in [0.2, 0.25) is 0 Å². The van der Waals surface area contributed by atoms with Gasteiger partial charge < -0.3 is 5.32 Å². The lowest BCUT2D eigenvalue weighted by Crippen LogP contribution is -2.35. The molecule has 1 N–H and O–H groups in total. The van der Waals surface area contributed by atoms with E-state index in [-0.39, 0.29) is 11.7 Å². The van der Waals surface area contributed by atoms with Crippen molar-refractivity contribution in [2.45, 2.75) is 39.2 Å². The van der Waals surface area contributed by atoms with Gasteiger partial charge in [-0.15, -0.1) is 0 Å². The first-order chi connectivity index (χ1) is 9.52. The highest BCUT2D eigenvalue weighted by Crippen LogP contribution is 2.34. The van der Waals surface area contributed by atoms with Crippen molar-refractivity contribution >= 4 is 17.7 Å². The molecule has 1 aliphatic carbocycles. The summed E-state index contributed by atoms with van der Waals surface area (Å²) in [5.74, 6) is 1.10. The number of nitrogens with one attached hydrogen (secondary N) is 1. The van der Waals surface area contributed by atoms with Gasteiger partial charge in [0.25, 0.3) is 5.69 Å². The van der Waals surface area contributed by atoms with Gasteiger partial charge in [-0.1, -0.05) is 26.7 Å². The molecule has 2 rings (SSSR count). The number of benzene rings is 1. The zero-order valence-corrected chi connectivity index (χ0v) is 11.8. The lowest BCUT2D eigenvalue weighted by molar-refractivity contribution is -0.384. The van der Waals surface area contributed by atoms with E-state index in [0.717, 1.165) is 12.8 Å². The number of nitro benzene ring substituents is 1. The lowest BCUT2D eigenvalue weighted by Gasteiger charge is -2.35. The molecule has 1 saturated carbocycles. The molecule has 1 fully saturated rings. The van der Waals surface area contributed by atoms with Crippen LogP contribution in [0.25, 0.3) is 0 Å². The molecule has 1 aromatic carbocycles. The maximum absolute atomic E-state index is 11.1. The van der Waals surface area contributed by atoms with E-state index < -0.39 is 4.92 Å². The number of hydrogen-bond donors (Lipinski definition) is 1. The minimum Gasteiger partial charge on any atom is -0.376 e. The van der Waals surface area contributed by atoms with E-state index >= 15 is 0 Å². The number of carbonyl (C=O) groups excluding carboxylic acids is 1. The van der Waals surface area contributed by atoms with Crippen LogP contribution in [-0.4, -0.2) is 17.3 Å². The average Bonchev–Trinajstić information content (AvgIpc) is 2.44. The molecule has 108 valence electrons. The Hall–Kier alpha value is -1.91. The number of nitrogens with zero attached hydrogens (tertiary/aromatic N) is 1. The molecule has 3 atom stereocenters. The molecule has 5 nitrogen and oxygen atoms in total. The molecule has 0 radical (unpaired) electrons. The predicted molar refractivity (Wildman–Crippen MR) is 78.1 cm³/mol. The van der Waals surface area contributed by atoms with E-state index in [1.54, 1.807) is 12.1 Å². The summed E-state index contributed by atoms with van der Waals surface area (Å²) < 4.78 is 0. The standard InChI is InChI=1S/C15H20N2O3/c1-10-4-3-5-13(11(10)2)16-14-7-6-12(9-18)8-15(14)17(19)20/h6-11,13,16H,3-5H2,1-2H3/t10-,11-,13-/m1/s1. The number of rotatable bonds is 4. The lowest BCUT2D eigenvalue weighted by atomic mass is 9.78. The van der Waals surface area contributed by atoms with E-state index in [9.17, 15) is 14.9 Å². The summed E-state index contributed by atoms with van der Waals surface area (Å²) in [6.45, 7) is 4.41. The molecule has 0 unspecified atom stereocenters. The third kappa shape index (κ3) is 2.98. The van der Waals surface area contributed by atoms with Crippen LogP contribution in [0.4, 0.5) is 11.4 Å². The van der Waals surface area contributed by atoms with Gasteiger partial charge in [0.05, 0.1) is 4.92 Å². The summed E-state index contributed by atoms with van der Waals surface area (Å²) in [6.07, 6.45) is 4.01. The van der Waals surface area contributed by atoms with E-state index in [1.807, 2.05) is 0 Å². The highest BCUT2D eigenvalue weighted by molar-refractivity contribution is 5.79. The normalized spacial score (nSPS) is 26.0. The Morgan fingerprint density at radius 3 is 2.75 bits per heavy atom. The zero-order chi connectivity index (χ0) is 14.7. The van der Waals surface area contributed by atoms with Crippen molar-refractivity contribution in [3.63, 3.8) is 0 Å². The van der Waals surface area contributed by atoms with Gasteiger partial charge in [0.2, 0.25) is 0 Å². The molecule has 0 heterocycles. The number of anilines is 1. The third-order valence-corrected chi connectivity index (χ3v) is 4.40. The molecular weight excluding hydrogens is 256 g/mol. The molecular formula is C15H20N2O3. The van der Waals surface area contributed by atoms with Crippen molar-refractivity contribution in [1.82, 2.24) is 0 Å².